The average Bonchev–Trinajstić information content (AvgIpc) is 2.67. The van der Waals surface area contributed by atoms with Crippen molar-refractivity contribution in [3.05, 3.63) is 23.8 Å². The molecule has 0 bridgehead atoms. The third-order valence-electron chi connectivity index (χ3n) is 3.23. The van der Waals surface area contributed by atoms with Gasteiger partial charge in [0, 0.05) is 16.9 Å². The van der Waals surface area contributed by atoms with Crippen molar-refractivity contribution < 1.29 is 20.1 Å². The first-order valence-electron chi connectivity index (χ1n) is 5.90. The molecule has 1 aliphatic rings. The van der Waals surface area contributed by atoms with Crippen molar-refractivity contribution in [2.45, 2.75) is 31.1 Å². The standard InChI is InChI=1S/C13H15NO4S/c1-3-10-13(2,12(17)18)14-11(19-10)8-5-4-7(15)6-9(8)16/h4-6,10,15-16H,3H2,1-2H3,(H,17,18)/t10?,13-/m1/s1. The van der Waals surface area contributed by atoms with Crippen molar-refractivity contribution in [1.29, 1.82) is 0 Å². The Morgan fingerprint density at radius 3 is 2.63 bits per heavy atom. The van der Waals surface area contributed by atoms with Gasteiger partial charge in [-0.2, -0.15) is 0 Å². The topological polar surface area (TPSA) is 90.1 Å². The van der Waals surface area contributed by atoms with E-state index < -0.39 is 11.5 Å². The Hall–Kier alpha value is -1.69. The number of phenolic OH excluding ortho intramolecular Hbond substituents is 2. The molecule has 5 nitrogen and oxygen atoms in total. The van der Waals surface area contributed by atoms with E-state index in [2.05, 4.69) is 4.99 Å². The maximum Gasteiger partial charge on any atom is 0.332 e. The van der Waals surface area contributed by atoms with E-state index in [1.54, 1.807) is 6.92 Å². The highest BCUT2D eigenvalue weighted by Gasteiger charge is 2.46. The lowest BCUT2D eigenvalue weighted by Gasteiger charge is -2.21. The Kier molecular flexibility index (Phi) is 3.45. The maximum atomic E-state index is 11.4. The first-order chi connectivity index (χ1) is 8.88. The lowest BCUT2D eigenvalue weighted by Crippen LogP contribution is -2.40. The Balaban J connectivity index is 2.44. The summed E-state index contributed by atoms with van der Waals surface area (Å²) in [6, 6.07) is 4.20. The quantitative estimate of drug-likeness (QED) is 0.790. The third-order valence-corrected chi connectivity index (χ3v) is 4.84. The summed E-state index contributed by atoms with van der Waals surface area (Å²) in [5, 5.41) is 28.7. The largest absolute Gasteiger partial charge is 0.508 e. The minimum Gasteiger partial charge on any atom is -0.508 e. The minimum atomic E-state index is -1.18. The van der Waals surface area contributed by atoms with E-state index in [-0.39, 0.29) is 16.7 Å². The number of carbonyl (C=O) groups is 1. The van der Waals surface area contributed by atoms with Crippen LogP contribution < -0.4 is 0 Å². The van der Waals surface area contributed by atoms with Crippen LogP contribution in [0, 0.1) is 0 Å². The maximum absolute atomic E-state index is 11.4. The van der Waals surface area contributed by atoms with Gasteiger partial charge >= 0.3 is 5.97 Å². The van der Waals surface area contributed by atoms with E-state index in [1.165, 1.54) is 30.0 Å². The number of nitrogens with zero attached hydrogens (tertiary/aromatic N) is 1. The summed E-state index contributed by atoms with van der Waals surface area (Å²) in [4.78, 5) is 15.7. The Morgan fingerprint density at radius 1 is 1.47 bits per heavy atom. The van der Waals surface area contributed by atoms with Gasteiger partial charge in [-0.1, -0.05) is 18.7 Å². The fourth-order valence-electron chi connectivity index (χ4n) is 2.05. The molecule has 0 saturated heterocycles. The molecule has 102 valence electrons. The van der Waals surface area contributed by atoms with Crippen LogP contribution in [0.2, 0.25) is 0 Å². The molecule has 2 atom stereocenters. The summed E-state index contributed by atoms with van der Waals surface area (Å²) in [6.07, 6.45) is 0.666. The molecule has 1 heterocycles. The van der Waals surface area contributed by atoms with Gasteiger partial charge in [-0.15, -0.1) is 0 Å². The van der Waals surface area contributed by atoms with Gasteiger partial charge in [0.15, 0.2) is 5.54 Å². The molecule has 0 spiro atoms. The molecule has 1 aliphatic heterocycles. The number of aliphatic carboxylic acids is 1. The zero-order chi connectivity index (χ0) is 14.2. The summed E-state index contributed by atoms with van der Waals surface area (Å²) >= 11 is 1.35. The van der Waals surface area contributed by atoms with Crippen molar-refractivity contribution in [2.75, 3.05) is 0 Å². The van der Waals surface area contributed by atoms with Gasteiger partial charge in [-0.05, 0) is 25.5 Å². The van der Waals surface area contributed by atoms with E-state index in [1.807, 2.05) is 6.92 Å². The van der Waals surface area contributed by atoms with Crippen LogP contribution in [0.4, 0.5) is 0 Å². The van der Waals surface area contributed by atoms with Crippen LogP contribution in [0.3, 0.4) is 0 Å². The van der Waals surface area contributed by atoms with E-state index in [0.717, 1.165) is 0 Å². The number of carboxylic acid groups (broad SMARTS) is 1. The van der Waals surface area contributed by atoms with Gasteiger partial charge in [0.25, 0.3) is 0 Å². The smallest absolute Gasteiger partial charge is 0.332 e. The van der Waals surface area contributed by atoms with Crippen molar-refractivity contribution in [3.63, 3.8) is 0 Å². The van der Waals surface area contributed by atoms with Crippen molar-refractivity contribution >= 4 is 22.8 Å². The number of hydrogen-bond donors (Lipinski definition) is 3. The van der Waals surface area contributed by atoms with E-state index in [0.29, 0.717) is 17.0 Å². The first kappa shape index (κ1) is 13.7. The second kappa shape index (κ2) is 4.77. The predicted octanol–water partition coefficient (Wildman–Crippen LogP) is 2.21. The number of aliphatic imine (C=N–C) groups is 1. The summed E-state index contributed by atoms with van der Waals surface area (Å²) in [5.74, 6) is -1.12. The molecule has 0 amide bonds. The zero-order valence-electron chi connectivity index (χ0n) is 10.6. The molecule has 0 aromatic heterocycles. The molecule has 19 heavy (non-hydrogen) atoms. The normalized spacial score (nSPS) is 26.2. The minimum absolute atomic E-state index is 0.0436. The molecule has 0 fully saturated rings. The van der Waals surface area contributed by atoms with Crippen molar-refractivity contribution in [2.24, 2.45) is 4.99 Å². The van der Waals surface area contributed by atoms with E-state index >= 15 is 0 Å². The molecule has 0 saturated carbocycles. The molecule has 3 N–H and O–H groups in total. The number of aromatic hydroxyl groups is 2. The van der Waals surface area contributed by atoms with Crippen LogP contribution in [0.1, 0.15) is 25.8 Å². The molecule has 1 aromatic rings. The number of phenols is 2. The van der Waals surface area contributed by atoms with Crippen LogP contribution in [0.15, 0.2) is 23.2 Å². The van der Waals surface area contributed by atoms with Gasteiger partial charge in [0.05, 0.1) is 0 Å². The molecule has 6 heteroatoms. The molecule has 1 aromatic carbocycles. The highest BCUT2D eigenvalue weighted by molar-refractivity contribution is 8.15. The Labute approximate surface area is 115 Å². The predicted molar refractivity (Wildman–Crippen MR) is 74.0 cm³/mol. The van der Waals surface area contributed by atoms with Gasteiger partial charge < -0.3 is 15.3 Å². The number of hydrogen-bond acceptors (Lipinski definition) is 5. The van der Waals surface area contributed by atoms with Crippen molar-refractivity contribution in [1.82, 2.24) is 0 Å². The average molecular weight is 281 g/mol. The van der Waals surface area contributed by atoms with Gasteiger partial charge in [-0.25, -0.2) is 4.79 Å². The lowest BCUT2D eigenvalue weighted by atomic mass is 9.97. The fourth-order valence-corrected chi connectivity index (χ4v) is 3.41. The molecular weight excluding hydrogens is 266 g/mol. The first-order valence-corrected chi connectivity index (χ1v) is 6.78. The Morgan fingerprint density at radius 2 is 2.16 bits per heavy atom. The third kappa shape index (κ3) is 2.28. The van der Waals surface area contributed by atoms with Crippen LogP contribution in [-0.4, -0.2) is 37.1 Å². The second-order valence-electron chi connectivity index (χ2n) is 4.59. The van der Waals surface area contributed by atoms with Crippen LogP contribution in [0.25, 0.3) is 0 Å². The fraction of sp³-hybridized carbons (Fsp3) is 0.385. The molecule has 0 aliphatic carbocycles. The molecule has 0 radical (unpaired) electrons. The monoisotopic (exact) mass is 281 g/mol. The molecule has 2 rings (SSSR count). The SMILES string of the molecule is CCC1SC(c2ccc(O)cc2O)=N[C@@]1(C)C(=O)O. The summed E-state index contributed by atoms with van der Waals surface area (Å²) < 4.78 is 0. The molecule has 1 unspecified atom stereocenters. The highest BCUT2D eigenvalue weighted by Crippen LogP contribution is 2.41. The van der Waals surface area contributed by atoms with Gasteiger partial charge in [0.1, 0.15) is 16.5 Å². The summed E-state index contributed by atoms with van der Waals surface area (Å²) in [5.41, 5.74) is -0.731. The van der Waals surface area contributed by atoms with E-state index in [4.69, 9.17) is 0 Å². The van der Waals surface area contributed by atoms with Gasteiger partial charge in [-0.3, -0.25) is 4.99 Å². The number of benzene rings is 1. The second-order valence-corrected chi connectivity index (χ2v) is 5.78. The lowest BCUT2D eigenvalue weighted by molar-refractivity contribution is -0.142. The van der Waals surface area contributed by atoms with Gasteiger partial charge in [0.2, 0.25) is 0 Å². The van der Waals surface area contributed by atoms with Crippen LogP contribution in [0.5, 0.6) is 11.5 Å². The van der Waals surface area contributed by atoms with E-state index in [9.17, 15) is 20.1 Å². The molecular formula is C13H15NO4S. The van der Waals surface area contributed by atoms with Crippen molar-refractivity contribution in [3.8, 4) is 11.5 Å². The number of carboxylic acids is 1. The zero-order valence-corrected chi connectivity index (χ0v) is 11.4. The van der Waals surface area contributed by atoms with Crippen LogP contribution >= 0.6 is 11.8 Å². The Bertz CT molecular complexity index is 558. The highest BCUT2D eigenvalue weighted by atomic mass is 32.2. The number of thioether (sulfide) groups is 1. The summed E-state index contributed by atoms with van der Waals surface area (Å²) in [6.45, 7) is 3.49. The van der Waals surface area contributed by atoms with Crippen LogP contribution in [-0.2, 0) is 4.79 Å². The number of rotatable bonds is 3. The summed E-state index contributed by atoms with van der Waals surface area (Å²) in [7, 11) is 0.